The number of carbonyl (C=O) groups excluding carboxylic acids is 1. The monoisotopic (exact) mass is 355 g/mol. The molecule has 3 aromatic rings. The summed E-state index contributed by atoms with van der Waals surface area (Å²) >= 11 is 6.03. The highest BCUT2D eigenvalue weighted by Crippen LogP contribution is 2.24. The van der Waals surface area contributed by atoms with Crippen molar-refractivity contribution in [3.8, 4) is 0 Å². The van der Waals surface area contributed by atoms with Crippen LogP contribution in [-0.2, 0) is 16.1 Å². The molecule has 128 valence electrons. The van der Waals surface area contributed by atoms with E-state index in [2.05, 4.69) is 9.84 Å². The largest absolute Gasteiger partial charge is 0.466 e. The van der Waals surface area contributed by atoms with Gasteiger partial charge in [-0.1, -0.05) is 17.7 Å². The lowest BCUT2D eigenvalue weighted by molar-refractivity contribution is -0.134. The first-order valence-corrected chi connectivity index (χ1v) is 8.13. The van der Waals surface area contributed by atoms with Gasteiger partial charge in [-0.3, -0.25) is 4.68 Å². The fourth-order valence-electron chi connectivity index (χ4n) is 2.67. The van der Waals surface area contributed by atoms with Crippen LogP contribution in [0, 0.1) is 6.92 Å². The van der Waals surface area contributed by atoms with Crippen molar-refractivity contribution in [2.24, 2.45) is 0 Å². The molecule has 1 aromatic heterocycles. The normalized spacial score (nSPS) is 11.3. The fourth-order valence-corrected chi connectivity index (χ4v) is 2.90. The molecule has 2 aromatic carbocycles. The molecule has 2 N–H and O–H groups in total. The summed E-state index contributed by atoms with van der Waals surface area (Å²) in [7, 11) is 1.34. The zero-order chi connectivity index (χ0) is 18.0. The van der Waals surface area contributed by atoms with Crippen LogP contribution in [-0.4, -0.2) is 22.9 Å². The molecule has 0 radical (unpaired) electrons. The second kappa shape index (κ2) is 6.99. The number of nitrogens with zero attached hydrogens (tertiary/aromatic N) is 2. The van der Waals surface area contributed by atoms with Crippen molar-refractivity contribution in [1.82, 2.24) is 9.78 Å². The van der Waals surface area contributed by atoms with Gasteiger partial charge in [-0.25, -0.2) is 4.79 Å². The third-order valence-electron chi connectivity index (χ3n) is 4.01. The summed E-state index contributed by atoms with van der Waals surface area (Å²) in [6.07, 6.45) is 3.01. The minimum atomic E-state index is -0.424. The number of nitrogen functional groups attached to an aromatic ring is 1. The van der Waals surface area contributed by atoms with Crippen LogP contribution in [0.5, 0.6) is 0 Å². The van der Waals surface area contributed by atoms with Crippen molar-refractivity contribution in [1.29, 1.82) is 0 Å². The minimum absolute atomic E-state index is 0.424. The van der Waals surface area contributed by atoms with Crippen LogP contribution < -0.4 is 5.73 Å². The maximum Gasteiger partial charge on any atom is 0.330 e. The van der Waals surface area contributed by atoms with Crippen molar-refractivity contribution in [3.05, 3.63) is 64.3 Å². The lowest BCUT2D eigenvalue weighted by Crippen LogP contribution is -2.03. The number of rotatable bonds is 4. The van der Waals surface area contributed by atoms with Crippen LogP contribution in [0.1, 0.15) is 16.8 Å². The Labute approximate surface area is 150 Å². The van der Waals surface area contributed by atoms with Crippen LogP contribution in [0.3, 0.4) is 0 Å². The Balaban J connectivity index is 2.06. The average Bonchev–Trinajstić information content (AvgIpc) is 2.92. The number of carbonyl (C=O) groups is 1. The molecule has 0 aliphatic rings. The number of aryl methyl sites for hydroxylation is 1. The Hall–Kier alpha value is -2.79. The van der Waals surface area contributed by atoms with E-state index in [1.807, 2.05) is 48.0 Å². The van der Waals surface area contributed by atoms with Gasteiger partial charge in [-0.2, -0.15) is 5.10 Å². The first kappa shape index (κ1) is 17.0. The summed E-state index contributed by atoms with van der Waals surface area (Å²) in [6.45, 7) is 2.59. The Morgan fingerprint density at radius 2 is 2.12 bits per heavy atom. The number of halogens is 1. The summed E-state index contributed by atoms with van der Waals surface area (Å²) in [5.74, 6) is -0.424. The molecule has 1 heterocycles. The molecule has 0 fully saturated rings. The topological polar surface area (TPSA) is 70.1 Å². The van der Waals surface area contributed by atoms with Gasteiger partial charge in [0.25, 0.3) is 0 Å². The van der Waals surface area contributed by atoms with Gasteiger partial charge in [-0.05, 0) is 54.5 Å². The van der Waals surface area contributed by atoms with Gasteiger partial charge in [0.2, 0.25) is 0 Å². The quantitative estimate of drug-likeness (QED) is 0.439. The number of esters is 1. The lowest BCUT2D eigenvalue weighted by atomic mass is 10.1. The summed E-state index contributed by atoms with van der Waals surface area (Å²) in [5.41, 5.74) is 10.4. The standard InChI is InChI=1S/C19H18ClN3O2/c1-12-9-14(20)4-3-13(12)11-23-18-10-15(21)5-6-16(18)17(22-23)7-8-19(24)25-2/h3-10H,11,21H2,1-2H3. The molecule has 3 rings (SSSR count). The van der Waals surface area contributed by atoms with Gasteiger partial charge in [0.05, 0.1) is 24.9 Å². The SMILES string of the molecule is COC(=O)C=Cc1nn(Cc2ccc(Cl)cc2C)c2cc(N)ccc12. The van der Waals surface area contributed by atoms with Gasteiger partial charge in [0.1, 0.15) is 0 Å². The zero-order valence-corrected chi connectivity index (χ0v) is 14.7. The van der Waals surface area contributed by atoms with Crippen LogP contribution in [0.25, 0.3) is 17.0 Å². The molecule has 6 heteroatoms. The Morgan fingerprint density at radius 1 is 1.32 bits per heavy atom. The smallest absolute Gasteiger partial charge is 0.330 e. The van der Waals surface area contributed by atoms with Gasteiger partial charge < -0.3 is 10.5 Å². The van der Waals surface area contributed by atoms with Crippen molar-refractivity contribution in [2.75, 3.05) is 12.8 Å². The van der Waals surface area contributed by atoms with Crippen LogP contribution in [0.2, 0.25) is 5.02 Å². The van der Waals surface area contributed by atoms with Crippen molar-refractivity contribution < 1.29 is 9.53 Å². The van der Waals surface area contributed by atoms with E-state index in [1.54, 1.807) is 6.08 Å². The second-order valence-electron chi connectivity index (χ2n) is 5.75. The number of ether oxygens (including phenoxy) is 1. The molecule has 0 amide bonds. The van der Waals surface area contributed by atoms with Gasteiger partial charge >= 0.3 is 5.97 Å². The van der Waals surface area contributed by atoms with E-state index in [0.717, 1.165) is 22.0 Å². The highest BCUT2D eigenvalue weighted by Gasteiger charge is 2.11. The Morgan fingerprint density at radius 3 is 2.84 bits per heavy atom. The maximum absolute atomic E-state index is 11.4. The maximum atomic E-state index is 11.4. The van der Waals surface area contributed by atoms with E-state index in [1.165, 1.54) is 13.2 Å². The van der Waals surface area contributed by atoms with E-state index in [-0.39, 0.29) is 0 Å². The van der Waals surface area contributed by atoms with E-state index in [4.69, 9.17) is 17.3 Å². The molecular formula is C19H18ClN3O2. The number of nitrogens with two attached hydrogens (primary N) is 1. The third kappa shape index (κ3) is 3.67. The predicted molar refractivity (Wildman–Crippen MR) is 100 cm³/mol. The van der Waals surface area contributed by atoms with Crippen molar-refractivity contribution in [2.45, 2.75) is 13.5 Å². The molecule has 0 aliphatic carbocycles. The summed E-state index contributed by atoms with van der Waals surface area (Å²) in [4.78, 5) is 11.4. The summed E-state index contributed by atoms with van der Waals surface area (Å²) in [5, 5.41) is 6.25. The van der Waals surface area contributed by atoms with E-state index >= 15 is 0 Å². The number of hydrogen-bond donors (Lipinski definition) is 1. The molecule has 0 saturated heterocycles. The number of aromatic nitrogens is 2. The minimum Gasteiger partial charge on any atom is -0.466 e. The average molecular weight is 356 g/mol. The van der Waals surface area contributed by atoms with Crippen molar-refractivity contribution >= 4 is 40.2 Å². The molecule has 0 atom stereocenters. The van der Waals surface area contributed by atoms with Crippen LogP contribution in [0.4, 0.5) is 5.69 Å². The number of methoxy groups -OCH3 is 1. The Bertz CT molecular complexity index is 976. The van der Waals surface area contributed by atoms with Crippen molar-refractivity contribution in [3.63, 3.8) is 0 Å². The second-order valence-corrected chi connectivity index (χ2v) is 6.18. The number of hydrogen-bond acceptors (Lipinski definition) is 4. The number of fused-ring (bicyclic) bond motifs is 1. The first-order chi connectivity index (χ1) is 12.0. The fraction of sp³-hybridized carbons (Fsp3) is 0.158. The number of anilines is 1. The Kier molecular flexibility index (Phi) is 4.76. The highest BCUT2D eigenvalue weighted by molar-refractivity contribution is 6.30. The molecule has 0 spiro atoms. The molecular weight excluding hydrogens is 338 g/mol. The van der Waals surface area contributed by atoms with Crippen LogP contribution >= 0.6 is 11.6 Å². The lowest BCUT2D eigenvalue weighted by Gasteiger charge is -2.08. The molecule has 0 aliphatic heterocycles. The number of benzene rings is 2. The zero-order valence-electron chi connectivity index (χ0n) is 14.0. The van der Waals surface area contributed by atoms with E-state index < -0.39 is 5.97 Å². The highest BCUT2D eigenvalue weighted by atomic mass is 35.5. The molecule has 0 saturated carbocycles. The molecule has 0 unspecified atom stereocenters. The van der Waals surface area contributed by atoms with E-state index in [0.29, 0.717) is 22.9 Å². The van der Waals surface area contributed by atoms with Gasteiger partial charge in [-0.15, -0.1) is 0 Å². The third-order valence-corrected chi connectivity index (χ3v) is 4.24. The molecule has 0 bridgehead atoms. The molecule has 5 nitrogen and oxygen atoms in total. The van der Waals surface area contributed by atoms with Gasteiger partial charge in [0, 0.05) is 22.2 Å². The molecule has 25 heavy (non-hydrogen) atoms. The van der Waals surface area contributed by atoms with Gasteiger partial charge in [0.15, 0.2) is 0 Å². The van der Waals surface area contributed by atoms with Crippen LogP contribution in [0.15, 0.2) is 42.5 Å². The summed E-state index contributed by atoms with van der Waals surface area (Å²) in [6, 6.07) is 11.4. The van der Waals surface area contributed by atoms with E-state index in [9.17, 15) is 4.79 Å². The predicted octanol–water partition coefficient (Wildman–Crippen LogP) is 3.81. The first-order valence-electron chi connectivity index (χ1n) is 7.75. The summed E-state index contributed by atoms with van der Waals surface area (Å²) < 4.78 is 6.51.